The monoisotopic (exact) mass is 372 g/mol. The van der Waals surface area contributed by atoms with Crippen molar-refractivity contribution in [3.63, 3.8) is 0 Å². The topological polar surface area (TPSA) is 49.8 Å². The van der Waals surface area contributed by atoms with E-state index in [9.17, 15) is 31.6 Å². The smallest absolute Gasteiger partial charge is 0.326 e. The van der Waals surface area contributed by atoms with Gasteiger partial charge >= 0.3 is 12.4 Å². The van der Waals surface area contributed by atoms with Gasteiger partial charge in [-0.1, -0.05) is 24.3 Å². The summed E-state index contributed by atoms with van der Waals surface area (Å²) in [4.78, 5) is 0. The van der Waals surface area contributed by atoms with Crippen molar-refractivity contribution in [1.82, 2.24) is 0 Å². The number of rotatable bonds is 4. The van der Waals surface area contributed by atoms with Crippen LogP contribution < -0.4 is 5.73 Å². The first-order valence-electron chi connectivity index (χ1n) is 7.51. The molecule has 0 saturated carbocycles. The summed E-state index contributed by atoms with van der Waals surface area (Å²) in [6, 6.07) is 9.63. The Bertz CT molecular complexity index is 770. The Morgan fingerprint density at radius 2 is 1.23 bits per heavy atom. The lowest BCUT2D eigenvalue weighted by atomic mass is 9.88. The molecule has 2 aromatic carbocycles. The van der Waals surface area contributed by atoms with Gasteiger partial charge < -0.3 is 5.73 Å². The van der Waals surface area contributed by atoms with Gasteiger partial charge in [-0.15, -0.1) is 0 Å². The number of hydrogen-bond acceptors (Lipinski definition) is 2. The van der Waals surface area contributed by atoms with Gasteiger partial charge in [0.05, 0.1) is 23.1 Å². The number of halogens is 6. The van der Waals surface area contributed by atoms with Gasteiger partial charge in [0, 0.05) is 6.04 Å². The first-order chi connectivity index (χ1) is 12.0. The molecule has 0 saturated heterocycles. The van der Waals surface area contributed by atoms with Crippen LogP contribution in [0.15, 0.2) is 48.5 Å². The summed E-state index contributed by atoms with van der Waals surface area (Å²) >= 11 is 0. The first-order valence-corrected chi connectivity index (χ1v) is 7.51. The van der Waals surface area contributed by atoms with Crippen LogP contribution in [-0.4, -0.2) is 6.04 Å². The van der Waals surface area contributed by atoms with Gasteiger partial charge in [0.25, 0.3) is 0 Å². The molecule has 0 aliphatic carbocycles. The molecule has 0 fully saturated rings. The van der Waals surface area contributed by atoms with E-state index in [0.717, 1.165) is 24.3 Å². The van der Waals surface area contributed by atoms with E-state index in [1.165, 1.54) is 24.3 Å². The second-order valence-electron chi connectivity index (χ2n) is 5.79. The number of nitrogens with zero attached hydrogens (tertiary/aromatic N) is 1. The summed E-state index contributed by atoms with van der Waals surface area (Å²) in [7, 11) is 0. The van der Waals surface area contributed by atoms with Crippen molar-refractivity contribution in [2.24, 2.45) is 5.73 Å². The van der Waals surface area contributed by atoms with Crippen molar-refractivity contribution in [3.05, 3.63) is 70.8 Å². The van der Waals surface area contributed by atoms with Crippen molar-refractivity contribution in [3.8, 4) is 6.07 Å². The summed E-state index contributed by atoms with van der Waals surface area (Å²) in [5, 5.41) is 9.31. The van der Waals surface area contributed by atoms with Crippen molar-refractivity contribution >= 4 is 0 Å². The molecule has 2 aromatic rings. The van der Waals surface area contributed by atoms with Crippen LogP contribution >= 0.6 is 0 Å². The molecule has 2 unspecified atom stereocenters. The Labute approximate surface area is 145 Å². The summed E-state index contributed by atoms with van der Waals surface area (Å²) < 4.78 is 75.5. The third-order valence-electron chi connectivity index (χ3n) is 3.92. The molecule has 0 aliphatic rings. The molecule has 8 heteroatoms. The highest BCUT2D eigenvalue weighted by Crippen LogP contribution is 2.31. The Hall–Kier alpha value is -2.53. The molecule has 0 aliphatic heterocycles. The second-order valence-corrected chi connectivity index (χ2v) is 5.79. The maximum Gasteiger partial charge on any atom is 0.416 e. The van der Waals surface area contributed by atoms with Crippen LogP contribution in [0.1, 0.15) is 28.2 Å². The van der Waals surface area contributed by atoms with E-state index in [0.29, 0.717) is 11.1 Å². The lowest BCUT2D eigenvalue weighted by Crippen LogP contribution is -2.30. The quantitative estimate of drug-likeness (QED) is 0.776. The maximum absolute atomic E-state index is 12.6. The van der Waals surface area contributed by atoms with Crippen molar-refractivity contribution in [2.45, 2.75) is 30.7 Å². The van der Waals surface area contributed by atoms with Crippen molar-refractivity contribution in [1.29, 1.82) is 5.26 Å². The SMILES string of the molecule is N#CC(c1ccc(C(F)(F)F)cc1)C(N)Cc1ccc(C(F)(F)F)cc1. The molecular formula is C18H14F6N2. The second kappa shape index (κ2) is 7.38. The molecular weight excluding hydrogens is 358 g/mol. The van der Waals surface area contributed by atoms with Crippen LogP contribution in [0.25, 0.3) is 0 Å². The Kier molecular flexibility index (Phi) is 5.62. The highest BCUT2D eigenvalue weighted by molar-refractivity contribution is 5.33. The number of alkyl halides is 6. The van der Waals surface area contributed by atoms with E-state index in [2.05, 4.69) is 0 Å². The fourth-order valence-corrected chi connectivity index (χ4v) is 2.52. The highest BCUT2D eigenvalue weighted by Gasteiger charge is 2.31. The van der Waals surface area contributed by atoms with E-state index < -0.39 is 35.4 Å². The van der Waals surface area contributed by atoms with Gasteiger partial charge in [0.15, 0.2) is 0 Å². The lowest BCUT2D eigenvalue weighted by molar-refractivity contribution is -0.138. The molecule has 0 heterocycles. The number of benzene rings is 2. The minimum atomic E-state index is -4.48. The molecule has 0 spiro atoms. The average molecular weight is 372 g/mol. The fraction of sp³-hybridized carbons (Fsp3) is 0.278. The van der Waals surface area contributed by atoms with Crippen LogP contribution in [0, 0.1) is 11.3 Å². The summed E-state index contributed by atoms with van der Waals surface area (Å²) in [5.74, 6) is -0.889. The Balaban J connectivity index is 2.14. The Morgan fingerprint density at radius 1 is 0.808 bits per heavy atom. The lowest BCUT2D eigenvalue weighted by Gasteiger charge is -2.19. The molecule has 2 nitrogen and oxygen atoms in total. The van der Waals surface area contributed by atoms with Crippen LogP contribution in [0.3, 0.4) is 0 Å². The van der Waals surface area contributed by atoms with Crippen LogP contribution in [-0.2, 0) is 18.8 Å². The minimum Gasteiger partial charge on any atom is -0.326 e. The van der Waals surface area contributed by atoms with E-state index in [1.54, 1.807) is 0 Å². The third kappa shape index (κ3) is 4.76. The number of hydrogen-bond donors (Lipinski definition) is 1. The van der Waals surface area contributed by atoms with Gasteiger partial charge in [0.1, 0.15) is 0 Å². The zero-order chi connectivity index (χ0) is 19.5. The molecule has 2 N–H and O–H groups in total. The summed E-state index contributed by atoms with van der Waals surface area (Å²) in [6.45, 7) is 0. The number of nitriles is 1. The predicted octanol–water partition coefficient (Wildman–Crippen LogP) is 4.90. The van der Waals surface area contributed by atoms with Crippen LogP contribution in [0.5, 0.6) is 0 Å². The standard InChI is InChI=1S/C18H14F6N2/c19-17(20,21)13-5-1-11(2-6-13)9-16(26)15(10-25)12-3-7-14(8-4-12)18(22,23)24/h1-8,15-16H,9,26H2. The maximum atomic E-state index is 12.6. The molecule has 0 bridgehead atoms. The van der Waals surface area contributed by atoms with Crippen LogP contribution in [0.4, 0.5) is 26.3 Å². The van der Waals surface area contributed by atoms with Crippen molar-refractivity contribution in [2.75, 3.05) is 0 Å². The van der Waals surface area contributed by atoms with E-state index in [-0.39, 0.29) is 6.42 Å². The van der Waals surface area contributed by atoms with Gasteiger partial charge in [0.2, 0.25) is 0 Å². The zero-order valence-corrected chi connectivity index (χ0v) is 13.3. The highest BCUT2D eigenvalue weighted by atomic mass is 19.4. The molecule has 0 amide bonds. The minimum absolute atomic E-state index is 0.109. The molecule has 2 atom stereocenters. The molecule has 0 radical (unpaired) electrons. The first kappa shape index (κ1) is 19.8. The number of nitrogens with two attached hydrogens (primary N) is 1. The Morgan fingerprint density at radius 3 is 1.62 bits per heavy atom. The van der Waals surface area contributed by atoms with E-state index in [1.807, 2.05) is 6.07 Å². The van der Waals surface area contributed by atoms with E-state index in [4.69, 9.17) is 5.73 Å². The van der Waals surface area contributed by atoms with Gasteiger partial charge in [-0.05, 0) is 41.8 Å². The van der Waals surface area contributed by atoms with Gasteiger partial charge in [-0.2, -0.15) is 31.6 Å². The van der Waals surface area contributed by atoms with E-state index >= 15 is 0 Å². The summed E-state index contributed by atoms with van der Waals surface area (Å²) in [6.07, 6.45) is -8.82. The molecule has 2 rings (SSSR count). The van der Waals surface area contributed by atoms with Crippen LogP contribution in [0.2, 0.25) is 0 Å². The normalized spacial score (nSPS) is 14.5. The largest absolute Gasteiger partial charge is 0.416 e. The van der Waals surface area contributed by atoms with Gasteiger partial charge in [-0.3, -0.25) is 0 Å². The molecule has 138 valence electrons. The predicted molar refractivity (Wildman–Crippen MR) is 82.9 cm³/mol. The fourth-order valence-electron chi connectivity index (χ4n) is 2.52. The molecule has 0 aromatic heterocycles. The van der Waals surface area contributed by atoms with Crippen molar-refractivity contribution < 1.29 is 26.3 Å². The summed E-state index contributed by atoms with van der Waals surface area (Å²) in [5.41, 5.74) is 5.15. The van der Waals surface area contributed by atoms with Gasteiger partial charge in [-0.25, -0.2) is 0 Å². The average Bonchev–Trinajstić information content (AvgIpc) is 2.55. The zero-order valence-electron chi connectivity index (χ0n) is 13.3. The third-order valence-corrected chi connectivity index (χ3v) is 3.92. The molecule has 26 heavy (non-hydrogen) atoms.